The fourth-order valence-electron chi connectivity index (χ4n) is 2.51. The van der Waals surface area contributed by atoms with E-state index in [-0.39, 0.29) is 0 Å². The number of likely N-dealkylation sites (N-methyl/N-ethyl adjacent to an activating group) is 1. The summed E-state index contributed by atoms with van der Waals surface area (Å²) in [6.07, 6.45) is 2.00. The van der Waals surface area contributed by atoms with Gasteiger partial charge in [-0.05, 0) is 31.3 Å². The van der Waals surface area contributed by atoms with Gasteiger partial charge in [0, 0.05) is 30.4 Å². The number of nitrogens with one attached hydrogen (secondary N) is 2. The van der Waals surface area contributed by atoms with Gasteiger partial charge in [-0.25, -0.2) is 0 Å². The number of fused-ring (bicyclic) bond motifs is 1. The first-order valence-electron chi connectivity index (χ1n) is 6.93. The number of nitrogens with zero attached hydrogens (tertiary/aromatic N) is 1. The highest BCUT2D eigenvalue weighted by atomic mass is 15.2. The van der Waals surface area contributed by atoms with E-state index >= 15 is 0 Å². The molecule has 2 N–H and O–H groups in total. The number of rotatable bonds is 5. The topological polar surface area (TPSA) is 31.1 Å². The Morgan fingerprint density at radius 3 is 2.65 bits per heavy atom. The van der Waals surface area contributed by atoms with E-state index in [1.54, 1.807) is 0 Å². The zero-order valence-electron chi connectivity index (χ0n) is 11.6. The summed E-state index contributed by atoms with van der Waals surface area (Å²) in [5.74, 6) is 0. The second kappa shape index (κ2) is 5.80. The van der Waals surface area contributed by atoms with Gasteiger partial charge in [0.05, 0.1) is 11.2 Å². The number of aromatic nitrogens is 1. The molecule has 0 amide bonds. The number of hydrogen-bond acceptors (Lipinski definition) is 2. The van der Waals surface area contributed by atoms with E-state index in [9.17, 15) is 0 Å². The molecule has 1 aromatic heterocycles. The quantitative estimate of drug-likeness (QED) is 0.739. The Balaban J connectivity index is 2.07. The third-order valence-electron chi connectivity index (χ3n) is 3.51. The van der Waals surface area contributed by atoms with Crippen molar-refractivity contribution in [1.29, 1.82) is 0 Å². The number of H-pyrrole nitrogens is 1. The van der Waals surface area contributed by atoms with Crippen LogP contribution in [0.15, 0.2) is 60.8 Å². The summed E-state index contributed by atoms with van der Waals surface area (Å²) in [6.45, 7) is 1.87. The van der Waals surface area contributed by atoms with Gasteiger partial charge in [-0.1, -0.05) is 30.3 Å². The molecule has 0 aliphatic carbocycles. The Kier molecular flexibility index (Phi) is 3.70. The highest BCUT2D eigenvalue weighted by Gasteiger charge is 2.12. The van der Waals surface area contributed by atoms with Crippen LogP contribution in [0.25, 0.3) is 10.9 Å². The van der Waals surface area contributed by atoms with Crippen molar-refractivity contribution >= 4 is 22.3 Å². The van der Waals surface area contributed by atoms with E-state index in [1.807, 2.05) is 13.2 Å². The average Bonchev–Trinajstić information content (AvgIpc) is 2.98. The molecule has 3 rings (SSSR count). The standard InChI is InChI=1S/C17H19N3/c1-18-12-13-20(15-7-3-2-4-8-15)16-9-5-6-14-10-11-19-17(14)16/h2-11,18-19H,12-13H2,1H3. The smallest absolute Gasteiger partial charge is 0.0695 e. The van der Waals surface area contributed by atoms with Gasteiger partial charge in [0.2, 0.25) is 0 Å². The molecule has 3 aromatic rings. The Hall–Kier alpha value is -2.26. The van der Waals surface area contributed by atoms with Crippen molar-refractivity contribution in [3.63, 3.8) is 0 Å². The molecule has 0 atom stereocenters. The largest absolute Gasteiger partial charge is 0.359 e. The van der Waals surface area contributed by atoms with E-state index in [4.69, 9.17) is 0 Å². The van der Waals surface area contributed by atoms with E-state index in [0.717, 1.165) is 13.1 Å². The van der Waals surface area contributed by atoms with Crippen molar-refractivity contribution in [1.82, 2.24) is 10.3 Å². The first-order chi connectivity index (χ1) is 9.90. The van der Waals surface area contributed by atoms with Crippen LogP contribution < -0.4 is 10.2 Å². The molecule has 20 heavy (non-hydrogen) atoms. The van der Waals surface area contributed by atoms with Crippen LogP contribution in [0, 0.1) is 0 Å². The fourth-order valence-corrected chi connectivity index (χ4v) is 2.51. The minimum atomic E-state index is 0.929. The molecule has 0 fully saturated rings. The maximum absolute atomic E-state index is 3.35. The maximum atomic E-state index is 3.35. The number of benzene rings is 2. The van der Waals surface area contributed by atoms with Gasteiger partial charge in [-0.15, -0.1) is 0 Å². The molecule has 3 heteroatoms. The van der Waals surface area contributed by atoms with Crippen LogP contribution in [-0.4, -0.2) is 25.1 Å². The molecular formula is C17H19N3. The summed E-state index contributed by atoms with van der Waals surface area (Å²) in [5, 5.41) is 4.47. The van der Waals surface area contributed by atoms with Crippen LogP contribution in [0.1, 0.15) is 0 Å². The third-order valence-corrected chi connectivity index (χ3v) is 3.51. The fraction of sp³-hybridized carbons (Fsp3) is 0.176. The lowest BCUT2D eigenvalue weighted by Gasteiger charge is -2.25. The minimum absolute atomic E-state index is 0.929. The molecule has 0 saturated heterocycles. The van der Waals surface area contributed by atoms with Crippen molar-refractivity contribution < 1.29 is 0 Å². The van der Waals surface area contributed by atoms with Crippen LogP contribution in [0.5, 0.6) is 0 Å². The second-order valence-electron chi connectivity index (χ2n) is 4.81. The van der Waals surface area contributed by atoms with Crippen LogP contribution >= 0.6 is 0 Å². The predicted octanol–water partition coefficient (Wildman–Crippen LogP) is 3.53. The van der Waals surface area contributed by atoms with Gasteiger partial charge in [0.25, 0.3) is 0 Å². The molecule has 0 saturated carbocycles. The molecule has 3 nitrogen and oxygen atoms in total. The Bertz CT molecular complexity index is 673. The third kappa shape index (κ3) is 2.40. The van der Waals surface area contributed by atoms with Gasteiger partial charge in [-0.3, -0.25) is 0 Å². The van der Waals surface area contributed by atoms with Crippen LogP contribution in [0.4, 0.5) is 11.4 Å². The van der Waals surface area contributed by atoms with Crippen molar-refractivity contribution in [2.75, 3.05) is 25.0 Å². The number of aromatic amines is 1. The second-order valence-corrected chi connectivity index (χ2v) is 4.81. The van der Waals surface area contributed by atoms with Crippen molar-refractivity contribution in [2.45, 2.75) is 0 Å². The Morgan fingerprint density at radius 2 is 1.85 bits per heavy atom. The normalized spacial score (nSPS) is 10.8. The molecule has 102 valence electrons. The first kappa shape index (κ1) is 12.8. The van der Waals surface area contributed by atoms with Gasteiger partial charge in [0.15, 0.2) is 0 Å². The summed E-state index contributed by atoms with van der Waals surface area (Å²) < 4.78 is 0. The summed E-state index contributed by atoms with van der Waals surface area (Å²) in [6, 6.07) is 19.0. The molecule has 0 aliphatic rings. The predicted molar refractivity (Wildman–Crippen MR) is 85.7 cm³/mol. The van der Waals surface area contributed by atoms with Gasteiger partial charge < -0.3 is 15.2 Å². The van der Waals surface area contributed by atoms with Gasteiger partial charge >= 0.3 is 0 Å². The maximum Gasteiger partial charge on any atom is 0.0695 e. The molecule has 1 heterocycles. The number of hydrogen-bond donors (Lipinski definition) is 2. The van der Waals surface area contributed by atoms with Gasteiger partial charge in [0.1, 0.15) is 0 Å². The summed E-state index contributed by atoms with van der Waals surface area (Å²) >= 11 is 0. The molecule has 0 radical (unpaired) electrons. The highest BCUT2D eigenvalue weighted by molar-refractivity contribution is 5.93. The Labute approximate surface area is 119 Å². The zero-order valence-corrected chi connectivity index (χ0v) is 11.6. The molecular weight excluding hydrogens is 246 g/mol. The van der Waals surface area contributed by atoms with Crippen LogP contribution in [0.2, 0.25) is 0 Å². The van der Waals surface area contributed by atoms with Crippen LogP contribution in [0.3, 0.4) is 0 Å². The summed E-state index contributed by atoms with van der Waals surface area (Å²) in [5.41, 5.74) is 3.62. The van der Waals surface area contributed by atoms with E-state index in [1.165, 1.54) is 22.3 Å². The lowest BCUT2D eigenvalue weighted by molar-refractivity contribution is 0.785. The van der Waals surface area contributed by atoms with Crippen LogP contribution in [-0.2, 0) is 0 Å². The van der Waals surface area contributed by atoms with E-state index < -0.39 is 0 Å². The van der Waals surface area contributed by atoms with Crippen molar-refractivity contribution in [3.8, 4) is 0 Å². The summed E-state index contributed by atoms with van der Waals surface area (Å²) in [7, 11) is 1.98. The lowest BCUT2D eigenvalue weighted by atomic mass is 10.2. The lowest BCUT2D eigenvalue weighted by Crippen LogP contribution is -2.27. The van der Waals surface area contributed by atoms with Gasteiger partial charge in [-0.2, -0.15) is 0 Å². The molecule has 0 spiro atoms. The summed E-state index contributed by atoms with van der Waals surface area (Å²) in [4.78, 5) is 5.70. The molecule has 0 unspecified atom stereocenters. The first-order valence-corrected chi connectivity index (χ1v) is 6.93. The molecule has 2 aromatic carbocycles. The Morgan fingerprint density at radius 1 is 1.00 bits per heavy atom. The average molecular weight is 265 g/mol. The molecule has 0 bridgehead atoms. The molecule has 0 aliphatic heterocycles. The van der Waals surface area contributed by atoms with E-state index in [0.29, 0.717) is 0 Å². The SMILES string of the molecule is CNCCN(c1ccccc1)c1cccc2cc[nH]c12. The van der Waals surface area contributed by atoms with Crippen molar-refractivity contribution in [3.05, 3.63) is 60.8 Å². The highest BCUT2D eigenvalue weighted by Crippen LogP contribution is 2.30. The zero-order chi connectivity index (χ0) is 13.8. The monoisotopic (exact) mass is 265 g/mol. The van der Waals surface area contributed by atoms with Crippen molar-refractivity contribution in [2.24, 2.45) is 0 Å². The minimum Gasteiger partial charge on any atom is -0.359 e. The van der Waals surface area contributed by atoms with E-state index in [2.05, 4.69) is 69.8 Å². The number of para-hydroxylation sites is 2. The number of anilines is 2.